The van der Waals surface area contributed by atoms with Gasteiger partial charge in [0.2, 0.25) is 0 Å². The molecule has 11 heteroatoms. The van der Waals surface area contributed by atoms with Crippen molar-refractivity contribution < 1.29 is 43.2 Å². The predicted octanol–water partition coefficient (Wildman–Crippen LogP) is 2.23. The molecule has 1 fully saturated rings. The molecular weight excluding hydrogens is 448 g/mol. The van der Waals surface area contributed by atoms with Gasteiger partial charge >= 0.3 is 12.0 Å². The van der Waals surface area contributed by atoms with Crippen molar-refractivity contribution in [3.8, 4) is 23.0 Å². The number of aliphatic carboxylic acids is 1. The first-order chi connectivity index (χ1) is 16.2. The van der Waals surface area contributed by atoms with E-state index in [0.29, 0.717) is 5.75 Å². The fourth-order valence-electron chi connectivity index (χ4n) is 3.16. The number of para-hydroxylation sites is 1. The summed E-state index contributed by atoms with van der Waals surface area (Å²) in [6.07, 6.45) is -0.0505. The molecule has 34 heavy (non-hydrogen) atoms. The van der Waals surface area contributed by atoms with E-state index in [1.165, 1.54) is 64.7 Å². The van der Waals surface area contributed by atoms with Crippen LogP contribution in [0.1, 0.15) is 12.5 Å². The van der Waals surface area contributed by atoms with Gasteiger partial charge in [-0.1, -0.05) is 12.1 Å². The molecule has 0 unspecified atom stereocenters. The molecule has 2 N–H and O–H groups in total. The van der Waals surface area contributed by atoms with E-state index in [0.717, 1.165) is 4.90 Å². The third-order valence-electron chi connectivity index (χ3n) is 4.90. The fraction of sp³-hybridized carbons (Fsp3) is 0.217. The van der Waals surface area contributed by atoms with Gasteiger partial charge in [0.05, 0.1) is 27.0 Å². The fourth-order valence-corrected chi connectivity index (χ4v) is 3.16. The lowest BCUT2D eigenvalue weighted by molar-refractivity contribution is -0.144. The monoisotopic (exact) mass is 470 g/mol. The van der Waals surface area contributed by atoms with E-state index in [2.05, 4.69) is 5.32 Å². The van der Waals surface area contributed by atoms with Gasteiger partial charge in [-0.3, -0.25) is 14.9 Å². The molecule has 2 aromatic carbocycles. The minimum Gasteiger partial charge on any atom is -0.497 e. The van der Waals surface area contributed by atoms with Crippen LogP contribution in [-0.2, 0) is 14.4 Å². The number of urea groups is 1. The van der Waals surface area contributed by atoms with Crippen LogP contribution in [0, 0.1) is 0 Å². The van der Waals surface area contributed by atoms with E-state index < -0.39 is 35.5 Å². The molecule has 0 aromatic heterocycles. The average molecular weight is 470 g/mol. The molecule has 1 saturated heterocycles. The Hall–Kier alpha value is -4.54. The molecule has 1 heterocycles. The molecule has 2 aromatic rings. The van der Waals surface area contributed by atoms with Crippen LogP contribution in [0.4, 0.5) is 10.5 Å². The normalized spacial score (nSPS) is 15.6. The number of carboxylic acids is 1. The molecule has 11 nitrogen and oxygen atoms in total. The number of nitrogens with zero attached hydrogens (tertiary/aromatic N) is 1. The summed E-state index contributed by atoms with van der Waals surface area (Å²) in [6.45, 7) is 1.32. The Kier molecular flexibility index (Phi) is 7.05. The molecule has 0 saturated carbocycles. The minimum atomic E-state index is -1.24. The number of ether oxygens (including phenoxy) is 4. The first kappa shape index (κ1) is 24.1. The smallest absolute Gasteiger partial charge is 0.344 e. The van der Waals surface area contributed by atoms with Gasteiger partial charge in [-0.2, -0.15) is 0 Å². The molecule has 1 aliphatic heterocycles. The number of benzene rings is 2. The van der Waals surface area contributed by atoms with Crippen LogP contribution in [-0.4, -0.2) is 56.4 Å². The number of rotatable bonds is 8. The molecule has 0 spiro atoms. The Morgan fingerprint density at radius 1 is 1.03 bits per heavy atom. The number of imide groups is 2. The SMILES string of the molecule is COc1ccc(N2C(=O)NC(=O)/C(=C\c3cccc(OC)c3O[C@H](C)C(=O)O)C2=O)c(OC)c1. The van der Waals surface area contributed by atoms with Crippen molar-refractivity contribution in [3.05, 3.63) is 47.5 Å². The summed E-state index contributed by atoms with van der Waals surface area (Å²) < 4.78 is 21.2. The van der Waals surface area contributed by atoms with Crippen molar-refractivity contribution in [1.82, 2.24) is 5.32 Å². The van der Waals surface area contributed by atoms with Crippen LogP contribution in [0.3, 0.4) is 0 Å². The summed E-state index contributed by atoms with van der Waals surface area (Å²) in [5.74, 6) is -2.27. The van der Waals surface area contributed by atoms with Crippen molar-refractivity contribution in [3.63, 3.8) is 0 Å². The summed E-state index contributed by atoms with van der Waals surface area (Å²) in [5.41, 5.74) is -0.105. The summed E-state index contributed by atoms with van der Waals surface area (Å²) in [6, 6.07) is 8.11. The molecule has 4 amide bonds. The van der Waals surface area contributed by atoms with Gasteiger partial charge in [-0.25, -0.2) is 14.5 Å². The van der Waals surface area contributed by atoms with E-state index >= 15 is 0 Å². The van der Waals surface area contributed by atoms with E-state index in [-0.39, 0.29) is 28.5 Å². The van der Waals surface area contributed by atoms with E-state index in [1.807, 2.05) is 0 Å². The first-order valence-electron chi connectivity index (χ1n) is 9.91. The zero-order chi connectivity index (χ0) is 25.0. The number of carbonyl (C=O) groups is 4. The summed E-state index contributed by atoms with van der Waals surface area (Å²) in [4.78, 5) is 50.5. The number of barbiturate groups is 1. The highest BCUT2D eigenvalue weighted by Crippen LogP contribution is 2.36. The van der Waals surface area contributed by atoms with Crippen molar-refractivity contribution in [2.24, 2.45) is 0 Å². The number of anilines is 1. The van der Waals surface area contributed by atoms with Crippen LogP contribution in [0.15, 0.2) is 42.0 Å². The highest BCUT2D eigenvalue weighted by atomic mass is 16.5. The van der Waals surface area contributed by atoms with Crippen molar-refractivity contribution in [2.75, 3.05) is 26.2 Å². The number of amides is 4. The van der Waals surface area contributed by atoms with Crippen molar-refractivity contribution in [2.45, 2.75) is 13.0 Å². The largest absolute Gasteiger partial charge is 0.497 e. The lowest BCUT2D eigenvalue weighted by Gasteiger charge is -2.27. The maximum absolute atomic E-state index is 13.3. The second kappa shape index (κ2) is 9.94. The molecule has 0 bridgehead atoms. The van der Waals surface area contributed by atoms with Crippen LogP contribution < -0.4 is 29.2 Å². The molecule has 0 aliphatic carbocycles. The molecule has 1 aliphatic rings. The van der Waals surface area contributed by atoms with Gasteiger partial charge in [-0.05, 0) is 31.2 Å². The number of carbonyl (C=O) groups excluding carboxylic acids is 3. The number of hydrogen-bond acceptors (Lipinski definition) is 8. The van der Waals surface area contributed by atoms with E-state index in [1.54, 1.807) is 6.07 Å². The second-order valence-corrected chi connectivity index (χ2v) is 6.97. The molecule has 178 valence electrons. The number of nitrogens with one attached hydrogen (secondary N) is 1. The van der Waals surface area contributed by atoms with Crippen LogP contribution in [0.2, 0.25) is 0 Å². The number of carboxylic acid groups (broad SMARTS) is 1. The maximum Gasteiger partial charge on any atom is 0.344 e. The quantitative estimate of drug-likeness (QED) is 0.439. The Bertz CT molecular complexity index is 1190. The Balaban J connectivity index is 2.10. The third kappa shape index (κ3) is 4.63. The maximum atomic E-state index is 13.3. The third-order valence-corrected chi connectivity index (χ3v) is 4.90. The molecular formula is C23H22N2O9. The average Bonchev–Trinajstić information content (AvgIpc) is 2.82. The lowest BCUT2D eigenvalue weighted by Crippen LogP contribution is -2.54. The predicted molar refractivity (Wildman–Crippen MR) is 119 cm³/mol. The van der Waals surface area contributed by atoms with Gasteiger partial charge in [0.25, 0.3) is 11.8 Å². The summed E-state index contributed by atoms with van der Waals surface area (Å²) in [5, 5.41) is 11.3. The number of methoxy groups -OCH3 is 3. The Labute approximate surface area is 194 Å². The van der Waals surface area contributed by atoms with E-state index in [4.69, 9.17) is 18.9 Å². The zero-order valence-corrected chi connectivity index (χ0v) is 18.8. The van der Waals surface area contributed by atoms with Gasteiger partial charge in [-0.15, -0.1) is 0 Å². The highest BCUT2D eigenvalue weighted by Gasteiger charge is 2.38. The summed E-state index contributed by atoms with van der Waals surface area (Å²) in [7, 11) is 4.17. The summed E-state index contributed by atoms with van der Waals surface area (Å²) >= 11 is 0. The molecule has 3 rings (SSSR count). The van der Waals surface area contributed by atoms with Gasteiger partial charge in [0.1, 0.15) is 17.1 Å². The van der Waals surface area contributed by atoms with Gasteiger partial charge in [0.15, 0.2) is 17.6 Å². The van der Waals surface area contributed by atoms with Crippen LogP contribution >= 0.6 is 0 Å². The molecule has 0 radical (unpaired) electrons. The minimum absolute atomic E-state index is 0.0125. The van der Waals surface area contributed by atoms with Gasteiger partial charge < -0.3 is 24.1 Å². The van der Waals surface area contributed by atoms with Crippen LogP contribution in [0.25, 0.3) is 6.08 Å². The Morgan fingerprint density at radius 3 is 2.35 bits per heavy atom. The first-order valence-corrected chi connectivity index (χ1v) is 9.91. The second-order valence-electron chi connectivity index (χ2n) is 6.97. The van der Waals surface area contributed by atoms with Gasteiger partial charge in [0, 0.05) is 11.6 Å². The topological polar surface area (TPSA) is 141 Å². The molecule has 1 atom stereocenters. The Morgan fingerprint density at radius 2 is 1.74 bits per heavy atom. The lowest BCUT2D eigenvalue weighted by atomic mass is 10.1. The highest BCUT2D eigenvalue weighted by molar-refractivity contribution is 6.39. The standard InChI is InChI=1S/C23H22N2O9/c1-12(22(28)29)34-19-13(6-5-7-17(19)32-3)10-15-20(26)24-23(30)25(21(15)27)16-9-8-14(31-2)11-18(16)33-4/h5-12H,1-4H3,(H,28,29)(H,24,26,30)/b15-10+/t12-/m1/s1. The zero-order valence-electron chi connectivity index (χ0n) is 18.8. The number of hydrogen-bond donors (Lipinski definition) is 2. The van der Waals surface area contributed by atoms with Crippen molar-refractivity contribution in [1.29, 1.82) is 0 Å². The van der Waals surface area contributed by atoms with Crippen molar-refractivity contribution >= 4 is 35.6 Å². The van der Waals surface area contributed by atoms with Crippen LogP contribution in [0.5, 0.6) is 23.0 Å². The van der Waals surface area contributed by atoms with E-state index in [9.17, 15) is 24.3 Å².